The molecule has 0 aliphatic rings. The number of amides is 2. The zero-order valence-electron chi connectivity index (χ0n) is 19.0. The van der Waals surface area contributed by atoms with E-state index in [1.807, 2.05) is 44.2 Å². The number of rotatable bonds is 6. The summed E-state index contributed by atoms with van der Waals surface area (Å²) in [5.41, 5.74) is 4.17. The Morgan fingerprint density at radius 1 is 0.794 bits per heavy atom. The maximum atomic E-state index is 13.0. The highest BCUT2D eigenvalue weighted by atomic mass is 16.2. The highest BCUT2D eigenvalue weighted by Gasteiger charge is 2.15. The summed E-state index contributed by atoms with van der Waals surface area (Å²) in [6.45, 7) is 4.22. The molecule has 0 aliphatic heterocycles. The van der Waals surface area contributed by atoms with Crippen LogP contribution in [-0.2, 0) is 6.54 Å². The quantitative estimate of drug-likeness (QED) is 0.432. The molecule has 0 bridgehead atoms. The number of carbonyl (C=O) groups excluding carboxylic acids is 2. The molecule has 0 fully saturated rings. The van der Waals surface area contributed by atoms with Crippen LogP contribution in [0.25, 0.3) is 0 Å². The zero-order chi connectivity index (χ0) is 24.1. The second-order valence-electron chi connectivity index (χ2n) is 8.15. The molecule has 2 amide bonds. The molecular formula is C28H25N3O3. The molecule has 0 radical (unpaired) electrons. The van der Waals surface area contributed by atoms with Crippen LogP contribution in [0.5, 0.6) is 0 Å². The Bertz CT molecular complexity index is 1410. The van der Waals surface area contributed by atoms with Crippen molar-refractivity contribution in [3.8, 4) is 0 Å². The number of nitrogens with zero attached hydrogens (tertiary/aromatic N) is 1. The molecule has 3 aromatic carbocycles. The average Bonchev–Trinajstić information content (AvgIpc) is 2.83. The predicted octanol–water partition coefficient (Wildman–Crippen LogP) is 5.02. The fraction of sp³-hybridized carbons (Fsp3) is 0.107. The van der Waals surface area contributed by atoms with Crippen LogP contribution in [0.15, 0.2) is 95.9 Å². The minimum atomic E-state index is -0.502. The molecule has 0 saturated heterocycles. The standard InChI is InChI=1S/C28H25N3O3/c1-19-8-6-9-21(16-19)18-31-15-7-12-24(28(31)34)27(33)30-25-17-23(14-13-20(25)2)29-26(32)22-10-4-3-5-11-22/h3-17H,18H2,1-2H3,(H,29,32)(H,30,33). The first kappa shape index (κ1) is 22.7. The summed E-state index contributed by atoms with van der Waals surface area (Å²) < 4.78 is 1.52. The van der Waals surface area contributed by atoms with Gasteiger partial charge in [-0.05, 0) is 61.4 Å². The van der Waals surface area contributed by atoms with Crippen molar-refractivity contribution in [3.63, 3.8) is 0 Å². The number of benzene rings is 3. The largest absolute Gasteiger partial charge is 0.322 e. The van der Waals surface area contributed by atoms with E-state index in [0.717, 1.165) is 16.7 Å². The molecule has 0 spiro atoms. The number of aryl methyl sites for hydroxylation is 2. The van der Waals surface area contributed by atoms with E-state index in [9.17, 15) is 14.4 Å². The third-order valence-electron chi connectivity index (χ3n) is 5.48. The summed E-state index contributed by atoms with van der Waals surface area (Å²) in [7, 11) is 0. The second kappa shape index (κ2) is 10.0. The molecule has 6 heteroatoms. The summed E-state index contributed by atoms with van der Waals surface area (Å²) in [6, 6.07) is 25.2. The van der Waals surface area contributed by atoms with Crippen LogP contribution in [0.2, 0.25) is 0 Å². The van der Waals surface area contributed by atoms with E-state index in [4.69, 9.17) is 0 Å². The van der Waals surface area contributed by atoms with E-state index in [1.165, 1.54) is 10.6 Å². The van der Waals surface area contributed by atoms with Crippen molar-refractivity contribution in [1.82, 2.24) is 4.57 Å². The van der Waals surface area contributed by atoms with Crippen LogP contribution in [-0.4, -0.2) is 16.4 Å². The lowest BCUT2D eigenvalue weighted by Gasteiger charge is -2.13. The van der Waals surface area contributed by atoms with Crippen LogP contribution in [0, 0.1) is 13.8 Å². The van der Waals surface area contributed by atoms with Crippen molar-refractivity contribution in [2.24, 2.45) is 0 Å². The number of hydrogen-bond acceptors (Lipinski definition) is 3. The van der Waals surface area contributed by atoms with E-state index >= 15 is 0 Å². The number of anilines is 2. The Kier molecular flexibility index (Phi) is 6.69. The summed E-state index contributed by atoms with van der Waals surface area (Å²) in [4.78, 5) is 38.4. The van der Waals surface area contributed by atoms with Gasteiger partial charge in [-0.1, -0.05) is 54.1 Å². The highest BCUT2D eigenvalue weighted by molar-refractivity contribution is 6.06. The predicted molar refractivity (Wildman–Crippen MR) is 135 cm³/mol. The van der Waals surface area contributed by atoms with Gasteiger partial charge in [-0.15, -0.1) is 0 Å². The van der Waals surface area contributed by atoms with Gasteiger partial charge in [0.15, 0.2) is 0 Å². The smallest absolute Gasteiger partial charge is 0.263 e. The van der Waals surface area contributed by atoms with Crippen molar-refractivity contribution in [2.45, 2.75) is 20.4 Å². The Morgan fingerprint density at radius 2 is 1.59 bits per heavy atom. The molecule has 0 saturated carbocycles. The van der Waals surface area contributed by atoms with E-state index in [1.54, 1.807) is 54.7 Å². The van der Waals surface area contributed by atoms with Crippen LogP contribution in [0.4, 0.5) is 11.4 Å². The van der Waals surface area contributed by atoms with E-state index in [2.05, 4.69) is 10.6 Å². The fourth-order valence-corrected chi connectivity index (χ4v) is 3.66. The normalized spacial score (nSPS) is 10.5. The first-order valence-corrected chi connectivity index (χ1v) is 10.9. The molecule has 0 aliphatic carbocycles. The first-order chi connectivity index (χ1) is 16.4. The SMILES string of the molecule is Cc1cccc(Cn2cccc(C(=O)Nc3cc(NC(=O)c4ccccc4)ccc3C)c2=O)c1. The molecule has 1 aromatic heterocycles. The first-order valence-electron chi connectivity index (χ1n) is 10.9. The minimum Gasteiger partial charge on any atom is -0.322 e. The Morgan fingerprint density at radius 3 is 2.35 bits per heavy atom. The minimum absolute atomic E-state index is 0.0493. The van der Waals surface area contributed by atoms with E-state index < -0.39 is 5.91 Å². The lowest BCUT2D eigenvalue weighted by Crippen LogP contribution is -2.29. The van der Waals surface area contributed by atoms with Gasteiger partial charge < -0.3 is 15.2 Å². The van der Waals surface area contributed by atoms with Gasteiger partial charge in [-0.25, -0.2) is 0 Å². The number of pyridine rings is 1. The number of hydrogen-bond donors (Lipinski definition) is 2. The summed E-state index contributed by atoms with van der Waals surface area (Å²) >= 11 is 0. The van der Waals surface area contributed by atoms with E-state index in [0.29, 0.717) is 23.5 Å². The van der Waals surface area contributed by atoms with Gasteiger partial charge in [0.2, 0.25) is 0 Å². The summed E-state index contributed by atoms with van der Waals surface area (Å²) in [6.07, 6.45) is 1.67. The summed E-state index contributed by atoms with van der Waals surface area (Å²) in [5, 5.41) is 5.65. The third-order valence-corrected chi connectivity index (χ3v) is 5.48. The van der Waals surface area contributed by atoms with Gasteiger partial charge in [0.25, 0.3) is 17.4 Å². The van der Waals surface area contributed by atoms with Gasteiger partial charge in [0.05, 0.1) is 6.54 Å². The second-order valence-corrected chi connectivity index (χ2v) is 8.15. The molecule has 1 heterocycles. The maximum Gasteiger partial charge on any atom is 0.263 e. The van der Waals surface area contributed by atoms with Crippen molar-refractivity contribution >= 4 is 23.2 Å². The summed E-state index contributed by atoms with van der Waals surface area (Å²) in [5.74, 6) is -0.748. The van der Waals surface area contributed by atoms with Crippen molar-refractivity contribution in [3.05, 3.63) is 129 Å². The monoisotopic (exact) mass is 451 g/mol. The topological polar surface area (TPSA) is 80.2 Å². The number of carbonyl (C=O) groups is 2. The molecule has 34 heavy (non-hydrogen) atoms. The van der Waals surface area contributed by atoms with Gasteiger partial charge in [-0.2, -0.15) is 0 Å². The molecule has 170 valence electrons. The van der Waals surface area contributed by atoms with Gasteiger partial charge in [0.1, 0.15) is 5.56 Å². The maximum absolute atomic E-state index is 13.0. The van der Waals surface area contributed by atoms with Crippen LogP contribution in [0.1, 0.15) is 37.4 Å². The fourth-order valence-electron chi connectivity index (χ4n) is 3.66. The van der Waals surface area contributed by atoms with Crippen LogP contribution >= 0.6 is 0 Å². The van der Waals surface area contributed by atoms with Crippen molar-refractivity contribution < 1.29 is 9.59 Å². The molecule has 0 unspecified atom stereocenters. The Hall–Kier alpha value is -4.45. The molecular weight excluding hydrogens is 426 g/mol. The van der Waals surface area contributed by atoms with Crippen LogP contribution in [0.3, 0.4) is 0 Å². The number of nitrogens with one attached hydrogen (secondary N) is 2. The Balaban J connectivity index is 1.53. The molecule has 0 atom stereocenters. The number of aromatic nitrogens is 1. The molecule has 2 N–H and O–H groups in total. The van der Waals surface area contributed by atoms with E-state index in [-0.39, 0.29) is 17.0 Å². The zero-order valence-corrected chi connectivity index (χ0v) is 19.0. The third kappa shape index (κ3) is 5.30. The highest BCUT2D eigenvalue weighted by Crippen LogP contribution is 2.21. The average molecular weight is 452 g/mol. The van der Waals surface area contributed by atoms with Crippen molar-refractivity contribution in [1.29, 1.82) is 0 Å². The Labute approximate surface area is 197 Å². The lowest BCUT2D eigenvalue weighted by molar-refractivity contribution is 0.101. The molecule has 4 rings (SSSR count). The molecule has 6 nitrogen and oxygen atoms in total. The van der Waals surface area contributed by atoms with Crippen molar-refractivity contribution in [2.75, 3.05) is 10.6 Å². The van der Waals surface area contributed by atoms with Crippen LogP contribution < -0.4 is 16.2 Å². The molecule has 4 aromatic rings. The van der Waals surface area contributed by atoms with Gasteiger partial charge >= 0.3 is 0 Å². The van der Waals surface area contributed by atoms with Gasteiger partial charge in [0, 0.05) is 23.1 Å². The van der Waals surface area contributed by atoms with Gasteiger partial charge in [-0.3, -0.25) is 14.4 Å². The lowest BCUT2D eigenvalue weighted by atomic mass is 10.1.